The number of carboxylic acid groups (broad SMARTS) is 1. The number of aromatic carboxylic acids is 1. The molecule has 0 unspecified atom stereocenters. The number of anilines is 2. The number of fused-ring (bicyclic) bond motifs is 3. The molecule has 9 heteroatoms. The molecule has 3 N–H and O–H groups in total. The molecule has 168 valence electrons. The Kier molecular flexibility index (Phi) is 5.70. The lowest BCUT2D eigenvalue weighted by atomic mass is 9.95. The summed E-state index contributed by atoms with van der Waals surface area (Å²) in [5, 5.41) is 22.1. The van der Waals surface area contributed by atoms with Crippen LogP contribution in [0.3, 0.4) is 0 Å². The van der Waals surface area contributed by atoms with Gasteiger partial charge in [0.2, 0.25) is 5.95 Å². The molecule has 7 nitrogen and oxygen atoms in total. The topological polar surface area (TPSA) is 108 Å². The Hall–Kier alpha value is -3.86. The molecule has 0 atom stereocenters. The highest BCUT2D eigenvalue weighted by atomic mass is 127. The number of aliphatic imine (C=N–C) groups is 1. The van der Waals surface area contributed by atoms with Crippen molar-refractivity contribution in [3.8, 4) is 17.0 Å². The molecule has 0 fully saturated rings. The molecular weight excluding hydrogens is 550 g/mol. The van der Waals surface area contributed by atoms with Crippen LogP contribution in [0.5, 0.6) is 5.75 Å². The van der Waals surface area contributed by atoms with Crippen LogP contribution in [-0.2, 0) is 6.54 Å². The van der Waals surface area contributed by atoms with Gasteiger partial charge in [0.05, 0.1) is 18.0 Å². The molecule has 0 bridgehead atoms. The maximum atomic E-state index is 14.7. The minimum absolute atomic E-state index is 0.199. The largest absolute Gasteiger partial charge is 0.507 e. The fourth-order valence-corrected chi connectivity index (χ4v) is 4.28. The van der Waals surface area contributed by atoms with Gasteiger partial charge in [0.25, 0.3) is 0 Å². The Balaban J connectivity index is 1.58. The van der Waals surface area contributed by atoms with Crippen LogP contribution >= 0.6 is 22.6 Å². The van der Waals surface area contributed by atoms with Gasteiger partial charge in [0, 0.05) is 43.8 Å². The Morgan fingerprint density at radius 2 is 1.85 bits per heavy atom. The van der Waals surface area contributed by atoms with Crippen molar-refractivity contribution >= 4 is 45.9 Å². The molecule has 0 aliphatic carbocycles. The Labute approximate surface area is 207 Å². The molecular formula is C25H16FIN4O3. The van der Waals surface area contributed by atoms with Crippen LogP contribution in [0.4, 0.5) is 16.0 Å². The van der Waals surface area contributed by atoms with Gasteiger partial charge in [-0.05, 0) is 59.0 Å². The lowest BCUT2D eigenvalue weighted by Gasteiger charge is -2.13. The summed E-state index contributed by atoms with van der Waals surface area (Å²) in [4.78, 5) is 24.9. The van der Waals surface area contributed by atoms with Crippen LogP contribution in [0.1, 0.15) is 27.0 Å². The van der Waals surface area contributed by atoms with Crippen LogP contribution in [-0.4, -0.2) is 31.9 Å². The third-order valence-electron chi connectivity index (χ3n) is 5.38. The van der Waals surface area contributed by atoms with Crippen LogP contribution in [0, 0.1) is 9.39 Å². The van der Waals surface area contributed by atoms with Crippen LogP contribution < -0.4 is 5.32 Å². The molecule has 0 amide bonds. The highest BCUT2D eigenvalue weighted by molar-refractivity contribution is 14.1. The van der Waals surface area contributed by atoms with Crippen molar-refractivity contribution in [2.24, 2.45) is 4.99 Å². The average Bonchev–Trinajstić information content (AvgIpc) is 2.96. The minimum Gasteiger partial charge on any atom is -0.507 e. The lowest BCUT2D eigenvalue weighted by molar-refractivity contribution is 0.0694. The minimum atomic E-state index is -1.22. The van der Waals surface area contributed by atoms with E-state index in [2.05, 4.69) is 37.9 Å². The number of halogens is 2. The normalized spacial score (nSPS) is 12.2. The molecule has 0 saturated heterocycles. The van der Waals surface area contributed by atoms with Crippen molar-refractivity contribution in [1.82, 2.24) is 9.97 Å². The molecule has 1 aromatic heterocycles. The van der Waals surface area contributed by atoms with E-state index >= 15 is 0 Å². The molecule has 3 aromatic carbocycles. The number of nitrogens with one attached hydrogen (secondary N) is 1. The van der Waals surface area contributed by atoms with Crippen LogP contribution in [0.2, 0.25) is 0 Å². The van der Waals surface area contributed by atoms with E-state index in [0.29, 0.717) is 22.7 Å². The third-order valence-corrected chi connectivity index (χ3v) is 6.05. The van der Waals surface area contributed by atoms with Gasteiger partial charge in [-0.2, -0.15) is 0 Å². The SMILES string of the molecule is O=C(O)c1ccc(Nc2ncc3c(n2)-c2ccc(I)cc2C(c2ccccc2F)=NC3)cc1O. The van der Waals surface area contributed by atoms with Crippen molar-refractivity contribution in [2.75, 3.05) is 5.32 Å². The summed E-state index contributed by atoms with van der Waals surface area (Å²) in [6.45, 7) is 0.276. The lowest BCUT2D eigenvalue weighted by Crippen LogP contribution is -2.07. The number of carbonyl (C=O) groups is 1. The van der Waals surface area contributed by atoms with Gasteiger partial charge < -0.3 is 15.5 Å². The van der Waals surface area contributed by atoms with Crippen LogP contribution in [0.15, 0.2) is 71.9 Å². The molecule has 34 heavy (non-hydrogen) atoms. The summed E-state index contributed by atoms with van der Waals surface area (Å²) in [7, 11) is 0. The summed E-state index contributed by atoms with van der Waals surface area (Å²) in [6.07, 6.45) is 1.66. The molecule has 0 saturated carbocycles. The van der Waals surface area contributed by atoms with E-state index in [0.717, 1.165) is 20.3 Å². The van der Waals surface area contributed by atoms with Gasteiger partial charge in [0.15, 0.2) is 0 Å². The fourth-order valence-electron chi connectivity index (χ4n) is 3.79. The van der Waals surface area contributed by atoms with E-state index in [1.807, 2.05) is 18.2 Å². The second kappa shape index (κ2) is 8.82. The smallest absolute Gasteiger partial charge is 0.339 e. The number of aromatic hydroxyl groups is 1. The molecule has 5 rings (SSSR count). The molecule has 1 aliphatic heterocycles. The van der Waals surface area contributed by atoms with Gasteiger partial charge in [-0.1, -0.05) is 18.2 Å². The molecule has 2 heterocycles. The van der Waals surface area contributed by atoms with Gasteiger partial charge in [-0.15, -0.1) is 0 Å². The van der Waals surface area contributed by atoms with Crippen molar-refractivity contribution in [1.29, 1.82) is 0 Å². The number of benzene rings is 3. The van der Waals surface area contributed by atoms with Gasteiger partial charge in [-0.3, -0.25) is 4.99 Å². The maximum absolute atomic E-state index is 14.7. The Bertz CT molecular complexity index is 1490. The maximum Gasteiger partial charge on any atom is 0.339 e. The first kappa shape index (κ1) is 22.0. The van der Waals surface area contributed by atoms with Crippen molar-refractivity contribution in [3.63, 3.8) is 0 Å². The van der Waals surface area contributed by atoms with Crippen LogP contribution in [0.25, 0.3) is 11.3 Å². The zero-order chi connectivity index (χ0) is 23.8. The summed E-state index contributed by atoms with van der Waals surface area (Å²) in [5.41, 5.74) is 4.20. The number of carboxylic acids is 1. The monoisotopic (exact) mass is 566 g/mol. The second-order valence-electron chi connectivity index (χ2n) is 7.56. The molecule has 0 radical (unpaired) electrons. The predicted octanol–water partition coefficient (Wildman–Crippen LogP) is 5.39. The Morgan fingerprint density at radius 1 is 1.03 bits per heavy atom. The summed E-state index contributed by atoms with van der Waals surface area (Å²) in [6, 6.07) is 16.5. The number of hydrogen-bond acceptors (Lipinski definition) is 6. The molecule has 1 aliphatic rings. The predicted molar refractivity (Wildman–Crippen MR) is 134 cm³/mol. The second-order valence-corrected chi connectivity index (χ2v) is 8.81. The highest BCUT2D eigenvalue weighted by Gasteiger charge is 2.23. The van der Waals surface area contributed by atoms with Crippen molar-refractivity contribution < 1.29 is 19.4 Å². The van der Waals surface area contributed by atoms with Gasteiger partial charge >= 0.3 is 5.97 Å². The highest BCUT2D eigenvalue weighted by Crippen LogP contribution is 2.34. The van der Waals surface area contributed by atoms with Gasteiger partial charge in [0.1, 0.15) is 17.1 Å². The van der Waals surface area contributed by atoms with E-state index in [4.69, 9.17) is 10.1 Å². The molecule has 4 aromatic rings. The zero-order valence-electron chi connectivity index (χ0n) is 17.5. The van der Waals surface area contributed by atoms with Crippen molar-refractivity contribution in [2.45, 2.75) is 6.54 Å². The zero-order valence-corrected chi connectivity index (χ0v) is 19.6. The van der Waals surface area contributed by atoms with E-state index in [1.54, 1.807) is 24.4 Å². The fraction of sp³-hybridized carbons (Fsp3) is 0.0400. The number of nitrogens with zero attached hydrogens (tertiary/aromatic N) is 3. The standard InChI is InChI=1S/C25H16FIN4O3/c26-20-4-2-1-3-17(20)23-19-9-14(27)5-7-16(19)22-13(11-28-23)12-29-25(31-22)30-15-6-8-18(24(33)34)21(32)10-15/h1-10,12,32H,11H2,(H,33,34)(H,29,30,31). The van der Waals surface area contributed by atoms with Gasteiger partial charge in [-0.25, -0.2) is 19.2 Å². The summed E-state index contributed by atoms with van der Waals surface area (Å²) in [5.74, 6) is -1.67. The number of aromatic nitrogens is 2. The van der Waals surface area contributed by atoms with E-state index < -0.39 is 5.97 Å². The van der Waals surface area contributed by atoms with E-state index in [1.165, 1.54) is 24.3 Å². The number of rotatable bonds is 4. The Morgan fingerprint density at radius 3 is 2.62 bits per heavy atom. The molecule has 0 spiro atoms. The number of hydrogen-bond donors (Lipinski definition) is 3. The first-order chi connectivity index (χ1) is 16.4. The first-order valence-electron chi connectivity index (χ1n) is 10.2. The number of phenols is 1. The summed E-state index contributed by atoms with van der Waals surface area (Å²) >= 11 is 2.21. The van der Waals surface area contributed by atoms with E-state index in [9.17, 15) is 14.3 Å². The quantitative estimate of drug-likeness (QED) is 0.286. The van der Waals surface area contributed by atoms with E-state index in [-0.39, 0.29) is 29.6 Å². The first-order valence-corrected chi connectivity index (χ1v) is 11.3. The summed E-state index contributed by atoms with van der Waals surface area (Å²) < 4.78 is 15.6. The third kappa shape index (κ3) is 4.10. The average molecular weight is 566 g/mol. The van der Waals surface area contributed by atoms with Crippen molar-refractivity contribution in [3.05, 3.63) is 98.5 Å².